The average molecular weight is 278 g/mol. The van der Waals surface area contributed by atoms with Crippen molar-refractivity contribution in [1.29, 1.82) is 0 Å². The zero-order chi connectivity index (χ0) is 13.1. The zero-order valence-corrected chi connectivity index (χ0v) is 12.2. The molecule has 1 aliphatic heterocycles. The van der Waals surface area contributed by atoms with Crippen LogP contribution >= 0.6 is 11.3 Å². The zero-order valence-electron chi connectivity index (χ0n) is 11.4. The number of aryl methyl sites for hydroxylation is 1. The van der Waals surface area contributed by atoms with Crippen LogP contribution in [0.15, 0.2) is 17.5 Å². The van der Waals surface area contributed by atoms with Gasteiger partial charge < -0.3 is 4.74 Å². The van der Waals surface area contributed by atoms with Crippen molar-refractivity contribution in [2.24, 2.45) is 5.92 Å². The first-order chi connectivity index (χ1) is 9.27. The Morgan fingerprint density at radius 2 is 2.37 bits per heavy atom. The van der Waals surface area contributed by atoms with Gasteiger partial charge in [-0.15, -0.1) is 11.3 Å². The van der Waals surface area contributed by atoms with Crippen LogP contribution in [-0.4, -0.2) is 18.0 Å². The molecule has 1 aromatic rings. The second-order valence-corrected chi connectivity index (χ2v) is 7.01. The molecule has 1 saturated heterocycles. The summed E-state index contributed by atoms with van der Waals surface area (Å²) in [6.07, 6.45) is 8.36. The fourth-order valence-corrected chi connectivity index (χ4v) is 4.07. The Morgan fingerprint density at radius 3 is 3.05 bits per heavy atom. The molecule has 19 heavy (non-hydrogen) atoms. The van der Waals surface area contributed by atoms with E-state index in [-0.39, 0.29) is 11.5 Å². The molecule has 1 unspecified atom stereocenters. The molecule has 0 bridgehead atoms. The van der Waals surface area contributed by atoms with Gasteiger partial charge in [-0.2, -0.15) is 0 Å². The van der Waals surface area contributed by atoms with Crippen LogP contribution in [0.3, 0.4) is 0 Å². The molecule has 1 saturated carbocycles. The van der Waals surface area contributed by atoms with Crippen molar-refractivity contribution in [3.8, 4) is 0 Å². The first-order valence-corrected chi connectivity index (χ1v) is 8.34. The molecule has 0 radical (unpaired) electrons. The molecule has 1 spiro atoms. The fraction of sp³-hybridized carbons (Fsp3) is 0.688. The highest BCUT2D eigenvalue weighted by molar-refractivity contribution is 7.09. The Hall–Kier alpha value is -0.670. The summed E-state index contributed by atoms with van der Waals surface area (Å²) in [6.45, 7) is 0.793. The lowest BCUT2D eigenvalue weighted by atomic mass is 9.71. The normalized spacial score (nSPS) is 25.2. The summed E-state index contributed by atoms with van der Waals surface area (Å²) in [5.41, 5.74) is 0.104. The molecular weight excluding hydrogens is 256 g/mol. The Kier molecular flexibility index (Phi) is 4.04. The summed E-state index contributed by atoms with van der Waals surface area (Å²) in [7, 11) is 0. The van der Waals surface area contributed by atoms with E-state index in [2.05, 4.69) is 17.5 Å². The number of carbonyl (C=O) groups is 1. The molecule has 2 aliphatic rings. The summed E-state index contributed by atoms with van der Waals surface area (Å²) < 4.78 is 5.89. The monoisotopic (exact) mass is 278 g/mol. The summed E-state index contributed by atoms with van der Waals surface area (Å²) in [6, 6.07) is 4.24. The standard InChI is InChI=1S/C16H22O2S/c17-15(6-1-4-14-5-2-11-19-14)13-7-10-18-16(12-13)8-3-9-16/h2,5,11,13H,1,3-4,6-10,12H2. The van der Waals surface area contributed by atoms with Crippen LogP contribution in [0.1, 0.15) is 49.8 Å². The van der Waals surface area contributed by atoms with Gasteiger partial charge in [0.25, 0.3) is 0 Å². The molecule has 3 heteroatoms. The molecule has 0 aromatic carbocycles. The van der Waals surface area contributed by atoms with Gasteiger partial charge in [0.05, 0.1) is 5.60 Å². The highest BCUT2D eigenvalue weighted by Crippen LogP contribution is 2.44. The van der Waals surface area contributed by atoms with E-state index in [9.17, 15) is 4.79 Å². The van der Waals surface area contributed by atoms with Gasteiger partial charge >= 0.3 is 0 Å². The summed E-state index contributed by atoms with van der Waals surface area (Å²) in [5.74, 6) is 0.753. The number of rotatable bonds is 5. The van der Waals surface area contributed by atoms with Crippen LogP contribution in [0.4, 0.5) is 0 Å². The van der Waals surface area contributed by atoms with E-state index < -0.39 is 0 Å². The maximum absolute atomic E-state index is 12.3. The number of hydrogen-bond acceptors (Lipinski definition) is 3. The van der Waals surface area contributed by atoms with Crippen LogP contribution in [0.2, 0.25) is 0 Å². The molecule has 2 nitrogen and oxygen atoms in total. The van der Waals surface area contributed by atoms with Crippen molar-refractivity contribution in [2.75, 3.05) is 6.61 Å². The molecular formula is C16H22O2S. The van der Waals surface area contributed by atoms with E-state index in [1.807, 2.05) is 0 Å². The van der Waals surface area contributed by atoms with E-state index in [4.69, 9.17) is 4.74 Å². The second kappa shape index (κ2) is 5.76. The van der Waals surface area contributed by atoms with Crippen molar-refractivity contribution >= 4 is 17.1 Å². The fourth-order valence-electron chi connectivity index (χ4n) is 3.32. The van der Waals surface area contributed by atoms with Gasteiger partial charge in [-0.25, -0.2) is 0 Å². The molecule has 1 atom stereocenters. The maximum atomic E-state index is 12.3. The van der Waals surface area contributed by atoms with Gasteiger partial charge in [0, 0.05) is 23.8 Å². The third-order valence-corrected chi connectivity index (χ3v) is 5.58. The molecule has 0 amide bonds. The smallest absolute Gasteiger partial charge is 0.136 e. The maximum Gasteiger partial charge on any atom is 0.136 e. The molecule has 2 fully saturated rings. The first kappa shape index (κ1) is 13.3. The van der Waals surface area contributed by atoms with Crippen molar-refractivity contribution in [3.05, 3.63) is 22.4 Å². The Morgan fingerprint density at radius 1 is 1.47 bits per heavy atom. The quantitative estimate of drug-likeness (QED) is 0.814. The van der Waals surface area contributed by atoms with Crippen LogP contribution in [0.25, 0.3) is 0 Å². The van der Waals surface area contributed by atoms with Gasteiger partial charge in [0.1, 0.15) is 5.78 Å². The molecule has 0 N–H and O–H groups in total. The molecule has 3 rings (SSSR count). The molecule has 2 heterocycles. The highest BCUT2D eigenvalue weighted by Gasteiger charge is 2.43. The number of Topliss-reactive ketones (excluding diaryl/α,β-unsaturated/α-hetero) is 1. The predicted octanol–water partition coefficient (Wildman–Crippen LogP) is 3.99. The van der Waals surface area contributed by atoms with Crippen molar-refractivity contribution in [2.45, 2.75) is 57.0 Å². The van der Waals surface area contributed by atoms with Gasteiger partial charge in [0.15, 0.2) is 0 Å². The molecule has 1 aromatic heterocycles. The summed E-state index contributed by atoms with van der Waals surface area (Å²) in [4.78, 5) is 13.7. The number of hydrogen-bond donors (Lipinski definition) is 0. The van der Waals surface area contributed by atoms with Crippen molar-refractivity contribution in [1.82, 2.24) is 0 Å². The van der Waals surface area contributed by atoms with Gasteiger partial charge in [-0.3, -0.25) is 4.79 Å². The minimum atomic E-state index is 0.104. The number of carbonyl (C=O) groups excluding carboxylic acids is 1. The lowest BCUT2D eigenvalue weighted by Crippen LogP contribution is -2.47. The van der Waals surface area contributed by atoms with E-state index in [0.717, 1.165) is 38.7 Å². The van der Waals surface area contributed by atoms with Gasteiger partial charge in [0.2, 0.25) is 0 Å². The first-order valence-electron chi connectivity index (χ1n) is 7.47. The Balaban J connectivity index is 1.44. The SMILES string of the molecule is O=C(CCCc1cccs1)C1CCOC2(CCC2)C1. The van der Waals surface area contributed by atoms with Gasteiger partial charge in [-0.1, -0.05) is 6.07 Å². The second-order valence-electron chi connectivity index (χ2n) is 5.97. The van der Waals surface area contributed by atoms with Crippen molar-refractivity contribution < 1.29 is 9.53 Å². The third-order valence-electron chi connectivity index (χ3n) is 4.64. The van der Waals surface area contributed by atoms with E-state index in [1.54, 1.807) is 11.3 Å². The van der Waals surface area contributed by atoms with Crippen LogP contribution in [0, 0.1) is 5.92 Å². The predicted molar refractivity (Wildman–Crippen MR) is 77.5 cm³/mol. The lowest BCUT2D eigenvalue weighted by Gasteiger charge is -2.46. The van der Waals surface area contributed by atoms with Crippen LogP contribution < -0.4 is 0 Å². The minimum Gasteiger partial charge on any atom is -0.375 e. The minimum absolute atomic E-state index is 0.104. The summed E-state index contributed by atoms with van der Waals surface area (Å²) >= 11 is 1.79. The van der Waals surface area contributed by atoms with Crippen LogP contribution in [0.5, 0.6) is 0 Å². The van der Waals surface area contributed by atoms with Crippen LogP contribution in [-0.2, 0) is 16.0 Å². The Bertz CT molecular complexity index is 420. The van der Waals surface area contributed by atoms with E-state index >= 15 is 0 Å². The van der Waals surface area contributed by atoms with E-state index in [1.165, 1.54) is 24.1 Å². The molecule has 104 valence electrons. The number of thiophene rings is 1. The Labute approximate surface area is 119 Å². The third kappa shape index (κ3) is 3.09. The van der Waals surface area contributed by atoms with Crippen molar-refractivity contribution in [3.63, 3.8) is 0 Å². The summed E-state index contributed by atoms with van der Waals surface area (Å²) in [5, 5.41) is 2.11. The van der Waals surface area contributed by atoms with Gasteiger partial charge in [-0.05, 0) is 56.4 Å². The average Bonchev–Trinajstić information content (AvgIpc) is 2.90. The van der Waals surface area contributed by atoms with E-state index in [0.29, 0.717) is 5.78 Å². The lowest BCUT2D eigenvalue weighted by molar-refractivity contribution is -0.155. The topological polar surface area (TPSA) is 26.3 Å². The highest BCUT2D eigenvalue weighted by atomic mass is 32.1. The molecule has 1 aliphatic carbocycles. The largest absolute Gasteiger partial charge is 0.375 e. The number of ketones is 1. The number of ether oxygens (including phenoxy) is 1.